The SMILES string of the molecule is CN1CCC(N2CCN(c3ccccc3C3CCC(C(C)(C)C)CC3)CC2)C1O. The lowest BCUT2D eigenvalue weighted by Gasteiger charge is -2.42. The summed E-state index contributed by atoms with van der Waals surface area (Å²) < 4.78 is 0. The van der Waals surface area contributed by atoms with Crippen molar-refractivity contribution in [2.45, 2.75) is 71.1 Å². The second kappa shape index (κ2) is 8.56. The van der Waals surface area contributed by atoms with Gasteiger partial charge in [0.1, 0.15) is 6.23 Å². The van der Waals surface area contributed by atoms with E-state index in [4.69, 9.17) is 0 Å². The van der Waals surface area contributed by atoms with Gasteiger partial charge in [-0.05, 0) is 68.0 Å². The maximum Gasteiger partial charge on any atom is 0.122 e. The van der Waals surface area contributed by atoms with E-state index in [0.717, 1.165) is 45.1 Å². The predicted molar refractivity (Wildman–Crippen MR) is 121 cm³/mol. The maximum atomic E-state index is 10.5. The van der Waals surface area contributed by atoms with Crippen LogP contribution in [0, 0.1) is 11.3 Å². The Morgan fingerprint density at radius 3 is 2.10 bits per heavy atom. The molecule has 0 amide bonds. The molecule has 1 aromatic rings. The molecule has 1 N–H and O–H groups in total. The number of rotatable bonds is 3. The number of anilines is 1. The van der Waals surface area contributed by atoms with Gasteiger partial charge >= 0.3 is 0 Å². The van der Waals surface area contributed by atoms with E-state index in [9.17, 15) is 5.11 Å². The molecule has 3 aliphatic rings. The van der Waals surface area contributed by atoms with Gasteiger partial charge in [-0.15, -0.1) is 0 Å². The zero-order chi connectivity index (χ0) is 20.6. The van der Waals surface area contributed by atoms with E-state index in [1.165, 1.54) is 31.4 Å². The topological polar surface area (TPSA) is 30.0 Å². The molecular weight excluding hydrogens is 358 g/mol. The molecule has 2 saturated heterocycles. The van der Waals surface area contributed by atoms with Crippen LogP contribution in [0.15, 0.2) is 24.3 Å². The second-order valence-electron chi connectivity index (χ2n) is 10.7. The van der Waals surface area contributed by atoms with Crippen molar-refractivity contribution in [3.63, 3.8) is 0 Å². The third kappa shape index (κ3) is 4.50. The minimum atomic E-state index is -0.299. The second-order valence-corrected chi connectivity index (χ2v) is 10.7. The van der Waals surface area contributed by atoms with E-state index >= 15 is 0 Å². The number of para-hydroxylation sites is 1. The average molecular weight is 400 g/mol. The summed E-state index contributed by atoms with van der Waals surface area (Å²) >= 11 is 0. The fourth-order valence-corrected chi connectivity index (χ4v) is 5.97. The molecule has 3 fully saturated rings. The first kappa shape index (κ1) is 21.1. The Morgan fingerprint density at radius 2 is 1.52 bits per heavy atom. The molecule has 2 atom stereocenters. The number of aliphatic hydroxyl groups is 1. The highest BCUT2D eigenvalue weighted by Crippen LogP contribution is 2.45. The summed E-state index contributed by atoms with van der Waals surface area (Å²) in [5, 5.41) is 10.5. The van der Waals surface area contributed by atoms with Crippen molar-refractivity contribution >= 4 is 5.69 Å². The number of likely N-dealkylation sites (N-methyl/N-ethyl adjacent to an activating group) is 1. The fourth-order valence-electron chi connectivity index (χ4n) is 5.97. The lowest BCUT2D eigenvalue weighted by atomic mass is 9.68. The smallest absolute Gasteiger partial charge is 0.122 e. The lowest BCUT2D eigenvalue weighted by Crippen LogP contribution is -2.53. The normalized spacial score (nSPS) is 32.7. The highest BCUT2D eigenvalue weighted by atomic mass is 16.3. The highest BCUT2D eigenvalue weighted by Gasteiger charge is 2.36. The van der Waals surface area contributed by atoms with E-state index in [2.05, 4.69) is 59.7 Å². The summed E-state index contributed by atoms with van der Waals surface area (Å²) in [7, 11) is 2.03. The van der Waals surface area contributed by atoms with E-state index in [0.29, 0.717) is 17.4 Å². The van der Waals surface area contributed by atoms with Crippen LogP contribution in [0.1, 0.15) is 64.4 Å². The van der Waals surface area contributed by atoms with E-state index in [-0.39, 0.29) is 6.23 Å². The molecule has 1 aromatic carbocycles. The van der Waals surface area contributed by atoms with Gasteiger partial charge in [0.05, 0.1) is 6.04 Å². The third-order valence-electron chi connectivity index (χ3n) is 8.03. The van der Waals surface area contributed by atoms with Gasteiger partial charge in [0.2, 0.25) is 0 Å². The molecule has 2 heterocycles. The number of likely N-dealkylation sites (tertiary alicyclic amines) is 1. The summed E-state index contributed by atoms with van der Waals surface area (Å²) in [6.45, 7) is 12.5. The summed E-state index contributed by atoms with van der Waals surface area (Å²) in [5.41, 5.74) is 3.49. The molecule has 2 unspecified atom stereocenters. The molecule has 1 aliphatic carbocycles. The summed E-state index contributed by atoms with van der Waals surface area (Å²) in [4.78, 5) is 7.20. The van der Waals surface area contributed by atoms with Crippen LogP contribution in [-0.4, -0.2) is 66.9 Å². The molecule has 1 saturated carbocycles. The molecule has 4 nitrogen and oxygen atoms in total. The number of hydrogen-bond acceptors (Lipinski definition) is 4. The van der Waals surface area contributed by atoms with Crippen LogP contribution in [-0.2, 0) is 0 Å². The molecule has 0 aromatic heterocycles. The van der Waals surface area contributed by atoms with Gasteiger partial charge in [-0.2, -0.15) is 0 Å². The molecule has 0 bridgehead atoms. The quantitative estimate of drug-likeness (QED) is 0.827. The summed E-state index contributed by atoms with van der Waals surface area (Å²) in [6.07, 6.45) is 6.18. The van der Waals surface area contributed by atoms with Gasteiger partial charge in [0, 0.05) is 38.4 Å². The van der Waals surface area contributed by atoms with Crippen LogP contribution in [0.4, 0.5) is 5.69 Å². The van der Waals surface area contributed by atoms with Crippen molar-refractivity contribution in [3.05, 3.63) is 29.8 Å². The largest absolute Gasteiger partial charge is 0.377 e. The van der Waals surface area contributed by atoms with Gasteiger partial charge in [0.25, 0.3) is 0 Å². The average Bonchev–Trinajstić information content (AvgIpc) is 3.06. The predicted octanol–water partition coefficient (Wildman–Crippen LogP) is 4.15. The molecule has 4 rings (SSSR count). The van der Waals surface area contributed by atoms with Crippen LogP contribution in [0.3, 0.4) is 0 Å². The van der Waals surface area contributed by atoms with Crippen molar-refractivity contribution in [1.29, 1.82) is 0 Å². The first-order chi connectivity index (χ1) is 13.8. The standard InChI is InChI=1S/C25H41N3O/c1-25(2,3)20-11-9-19(10-12-20)21-7-5-6-8-22(21)27-15-17-28(18-16-27)23-13-14-26(4)24(23)29/h5-8,19-20,23-24,29H,9-18H2,1-4H3. The van der Waals surface area contributed by atoms with E-state index < -0.39 is 0 Å². The van der Waals surface area contributed by atoms with Gasteiger partial charge in [-0.1, -0.05) is 39.0 Å². The van der Waals surface area contributed by atoms with Crippen LogP contribution >= 0.6 is 0 Å². The van der Waals surface area contributed by atoms with Crippen molar-refractivity contribution in [2.24, 2.45) is 11.3 Å². The Kier molecular flexibility index (Phi) is 6.24. The third-order valence-corrected chi connectivity index (χ3v) is 8.03. The minimum absolute atomic E-state index is 0.299. The Balaban J connectivity index is 1.40. The summed E-state index contributed by atoms with van der Waals surface area (Å²) in [6, 6.07) is 9.49. The number of piperazine rings is 1. The monoisotopic (exact) mass is 399 g/mol. The number of nitrogens with zero attached hydrogens (tertiary/aromatic N) is 3. The van der Waals surface area contributed by atoms with Gasteiger partial charge in [-0.25, -0.2) is 0 Å². The molecule has 4 heteroatoms. The molecular formula is C25H41N3O. The zero-order valence-corrected chi connectivity index (χ0v) is 19.0. The molecule has 162 valence electrons. The number of aliphatic hydroxyl groups excluding tert-OH is 1. The molecule has 0 spiro atoms. The molecule has 29 heavy (non-hydrogen) atoms. The van der Waals surface area contributed by atoms with Crippen LogP contribution in [0.5, 0.6) is 0 Å². The fraction of sp³-hybridized carbons (Fsp3) is 0.760. The number of benzene rings is 1. The molecule has 2 aliphatic heterocycles. The van der Waals surface area contributed by atoms with Crippen LogP contribution < -0.4 is 4.90 Å². The van der Waals surface area contributed by atoms with Crippen molar-refractivity contribution < 1.29 is 5.11 Å². The summed E-state index contributed by atoms with van der Waals surface area (Å²) in [5.74, 6) is 1.58. The Labute approximate surface area is 177 Å². The van der Waals surface area contributed by atoms with Crippen molar-refractivity contribution in [3.8, 4) is 0 Å². The van der Waals surface area contributed by atoms with E-state index in [1.807, 2.05) is 7.05 Å². The minimum Gasteiger partial charge on any atom is -0.377 e. The lowest BCUT2D eigenvalue weighted by molar-refractivity contribution is -0.00532. The van der Waals surface area contributed by atoms with Gasteiger partial charge in [0.15, 0.2) is 0 Å². The highest BCUT2D eigenvalue weighted by molar-refractivity contribution is 5.55. The Bertz CT molecular complexity index is 669. The van der Waals surface area contributed by atoms with Gasteiger partial charge < -0.3 is 10.0 Å². The molecule has 0 radical (unpaired) electrons. The van der Waals surface area contributed by atoms with Crippen molar-refractivity contribution in [1.82, 2.24) is 9.80 Å². The van der Waals surface area contributed by atoms with Crippen LogP contribution in [0.2, 0.25) is 0 Å². The van der Waals surface area contributed by atoms with Crippen LogP contribution in [0.25, 0.3) is 0 Å². The Hall–Kier alpha value is -1.10. The zero-order valence-electron chi connectivity index (χ0n) is 19.0. The Morgan fingerprint density at radius 1 is 0.862 bits per heavy atom. The number of hydrogen-bond donors (Lipinski definition) is 1. The van der Waals surface area contributed by atoms with Gasteiger partial charge in [-0.3, -0.25) is 9.80 Å². The first-order valence-corrected chi connectivity index (χ1v) is 11.8. The first-order valence-electron chi connectivity index (χ1n) is 11.8. The maximum absolute atomic E-state index is 10.5. The van der Waals surface area contributed by atoms with E-state index in [1.54, 1.807) is 5.56 Å². The van der Waals surface area contributed by atoms with Crippen molar-refractivity contribution in [2.75, 3.05) is 44.7 Å².